The van der Waals surface area contributed by atoms with Crippen molar-refractivity contribution in [1.29, 1.82) is 0 Å². The highest BCUT2D eigenvalue weighted by molar-refractivity contribution is 5.74. The smallest absolute Gasteiger partial charge is 0.319 e. The van der Waals surface area contributed by atoms with Gasteiger partial charge in [-0.3, -0.25) is 14.5 Å². The summed E-state index contributed by atoms with van der Waals surface area (Å²) in [4.78, 5) is 28.9. The lowest BCUT2D eigenvalue weighted by Crippen LogP contribution is -2.35. The van der Waals surface area contributed by atoms with E-state index in [0.29, 0.717) is 6.54 Å². The van der Waals surface area contributed by atoms with Crippen molar-refractivity contribution in [3.63, 3.8) is 0 Å². The molecule has 2 aromatic rings. The Morgan fingerprint density at radius 1 is 1.19 bits per heavy atom. The molecule has 0 N–H and O–H groups in total. The number of imidazole rings is 1. The molecule has 0 fully saturated rings. The van der Waals surface area contributed by atoms with Crippen molar-refractivity contribution < 1.29 is 19.1 Å². The van der Waals surface area contributed by atoms with Crippen molar-refractivity contribution in [2.75, 3.05) is 27.3 Å². The molecule has 7 nitrogen and oxygen atoms in total. The molecule has 0 radical (unpaired) electrons. The van der Waals surface area contributed by atoms with E-state index in [1.165, 1.54) is 14.2 Å². The minimum absolute atomic E-state index is 0.000524. The average Bonchev–Trinajstić information content (AvgIpc) is 2.88. The minimum Gasteiger partial charge on any atom is -0.468 e. The van der Waals surface area contributed by atoms with E-state index in [2.05, 4.69) is 14.5 Å². The maximum atomic E-state index is 11.4. The molecule has 0 saturated carbocycles. The maximum Gasteiger partial charge on any atom is 0.319 e. The quantitative estimate of drug-likeness (QED) is 0.721. The van der Waals surface area contributed by atoms with Crippen molar-refractivity contribution in [1.82, 2.24) is 14.3 Å². The molecule has 2 heterocycles. The molecule has 0 aliphatic rings. The predicted octanol–water partition coefficient (Wildman–Crippen LogP) is 0.482. The van der Waals surface area contributed by atoms with Crippen LogP contribution in [0.25, 0.3) is 5.65 Å². The second-order valence-corrected chi connectivity index (χ2v) is 4.50. The first kappa shape index (κ1) is 15.0. The summed E-state index contributed by atoms with van der Waals surface area (Å²) in [6.45, 7) is 0.352. The molecule has 0 saturated heterocycles. The van der Waals surface area contributed by atoms with Gasteiger partial charge in [0.2, 0.25) is 0 Å². The van der Waals surface area contributed by atoms with E-state index >= 15 is 0 Å². The fourth-order valence-electron chi connectivity index (χ4n) is 1.95. The van der Waals surface area contributed by atoms with Crippen LogP contribution >= 0.6 is 0 Å². The van der Waals surface area contributed by atoms with Crippen molar-refractivity contribution in [3.8, 4) is 0 Å². The lowest BCUT2D eigenvalue weighted by Gasteiger charge is -2.18. The van der Waals surface area contributed by atoms with Crippen LogP contribution in [0.1, 0.15) is 5.69 Å². The number of pyridine rings is 1. The second kappa shape index (κ2) is 6.85. The fraction of sp³-hybridized carbons (Fsp3) is 0.357. The third-order valence-electron chi connectivity index (χ3n) is 2.96. The highest BCUT2D eigenvalue weighted by Gasteiger charge is 2.17. The molecule has 0 spiro atoms. The van der Waals surface area contributed by atoms with Crippen LogP contribution in [-0.4, -0.2) is 53.5 Å². The number of rotatable bonds is 6. The van der Waals surface area contributed by atoms with Crippen molar-refractivity contribution in [2.24, 2.45) is 0 Å². The van der Waals surface area contributed by atoms with Crippen LogP contribution < -0.4 is 0 Å². The molecule has 2 aromatic heterocycles. The maximum absolute atomic E-state index is 11.4. The molecular formula is C14H17N3O4. The van der Waals surface area contributed by atoms with Gasteiger partial charge in [-0.05, 0) is 12.1 Å². The summed E-state index contributed by atoms with van der Waals surface area (Å²) in [5, 5.41) is 0. The van der Waals surface area contributed by atoms with E-state index in [-0.39, 0.29) is 13.1 Å². The number of carbonyl (C=O) groups excluding carboxylic acids is 2. The van der Waals surface area contributed by atoms with Gasteiger partial charge >= 0.3 is 11.9 Å². The lowest BCUT2D eigenvalue weighted by molar-refractivity contribution is -0.145. The highest BCUT2D eigenvalue weighted by atomic mass is 16.5. The molecule has 0 bridgehead atoms. The highest BCUT2D eigenvalue weighted by Crippen LogP contribution is 2.07. The molecule has 0 aromatic carbocycles. The first-order chi connectivity index (χ1) is 10.1. The number of aromatic nitrogens is 2. The number of hydrogen-bond acceptors (Lipinski definition) is 6. The van der Waals surface area contributed by atoms with Gasteiger partial charge in [0.25, 0.3) is 0 Å². The topological polar surface area (TPSA) is 73.1 Å². The second-order valence-electron chi connectivity index (χ2n) is 4.50. The molecule has 0 amide bonds. The third kappa shape index (κ3) is 4.03. The average molecular weight is 291 g/mol. The monoisotopic (exact) mass is 291 g/mol. The Hall–Kier alpha value is -2.41. The van der Waals surface area contributed by atoms with Gasteiger partial charge in [0.15, 0.2) is 0 Å². The Bertz CT molecular complexity index is 587. The third-order valence-corrected chi connectivity index (χ3v) is 2.96. The Morgan fingerprint density at radius 3 is 2.43 bits per heavy atom. The van der Waals surface area contributed by atoms with Crippen LogP contribution in [0.15, 0.2) is 30.6 Å². The summed E-state index contributed by atoms with van der Waals surface area (Å²) in [7, 11) is 2.62. The molecule has 0 aliphatic carbocycles. The standard InChI is InChI=1S/C14H17N3O4/c1-20-13(18)9-16(10-14(19)21-2)7-11-8-17-6-4-3-5-12(17)15-11/h3-6,8H,7,9-10H2,1-2H3. The number of esters is 2. The number of nitrogens with zero attached hydrogens (tertiary/aromatic N) is 3. The van der Waals surface area contributed by atoms with Gasteiger partial charge in [-0.15, -0.1) is 0 Å². The van der Waals surface area contributed by atoms with E-state index in [0.717, 1.165) is 11.3 Å². The van der Waals surface area contributed by atoms with E-state index in [1.54, 1.807) is 4.90 Å². The van der Waals surface area contributed by atoms with Gasteiger partial charge in [0.05, 0.1) is 33.0 Å². The van der Waals surface area contributed by atoms with E-state index in [9.17, 15) is 9.59 Å². The number of ether oxygens (including phenoxy) is 2. The number of fused-ring (bicyclic) bond motifs is 1. The summed E-state index contributed by atoms with van der Waals surface area (Å²) >= 11 is 0. The van der Waals surface area contributed by atoms with E-state index < -0.39 is 11.9 Å². The summed E-state index contributed by atoms with van der Waals surface area (Å²) in [5.41, 5.74) is 1.57. The summed E-state index contributed by atoms with van der Waals surface area (Å²) < 4.78 is 11.1. The molecule has 112 valence electrons. The van der Waals surface area contributed by atoms with Gasteiger partial charge in [-0.2, -0.15) is 0 Å². The molecule has 2 rings (SSSR count). The largest absolute Gasteiger partial charge is 0.468 e. The molecular weight excluding hydrogens is 274 g/mol. The minimum atomic E-state index is -0.414. The Labute approximate surface area is 122 Å². The molecule has 7 heteroatoms. The summed E-state index contributed by atoms with van der Waals surface area (Å²) in [6.07, 6.45) is 3.74. The van der Waals surface area contributed by atoms with Crippen LogP contribution in [0.5, 0.6) is 0 Å². The Balaban J connectivity index is 2.12. The van der Waals surface area contributed by atoms with E-state index in [4.69, 9.17) is 0 Å². The van der Waals surface area contributed by atoms with Crippen LogP contribution in [0.4, 0.5) is 0 Å². The van der Waals surface area contributed by atoms with Crippen LogP contribution in [0.3, 0.4) is 0 Å². The summed E-state index contributed by atoms with van der Waals surface area (Å²) in [5.74, 6) is -0.828. The fourth-order valence-corrected chi connectivity index (χ4v) is 1.95. The number of carbonyl (C=O) groups is 2. The molecule has 0 unspecified atom stereocenters. The van der Waals surface area contributed by atoms with Gasteiger partial charge in [0.1, 0.15) is 5.65 Å². The molecule has 0 atom stereocenters. The van der Waals surface area contributed by atoms with Gasteiger partial charge in [0, 0.05) is 18.9 Å². The van der Waals surface area contributed by atoms with Crippen LogP contribution in [0, 0.1) is 0 Å². The van der Waals surface area contributed by atoms with Crippen molar-refractivity contribution in [2.45, 2.75) is 6.54 Å². The zero-order valence-corrected chi connectivity index (χ0v) is 12.0. The Morgan fingerprint density at radius 2 is 1.86 bits per heavy atom. The number of hydrogen-bond donors (Lipinski definition) is 0. The zero-order valence-electron chi connectivity index (χ0n) is 12.0. The van der Waals surface area contributed by atoms with Crippen molar-refractivity contribution >= 4 is 17.6 Å². The first-order valence-electron chi connectivity index (χ1n) is 6.41. The SMILES string of the molecule is COC(=O)CN(CC(=O)OC)Cc1cn2ccccc2n1. The number of methoxy groups -OCH3 is 2. The molecule has 0 aliphatic heterocycles. The predicted molar refractivity (Wildman–Crippen MR) is 74.5 cm³/mol. The normalized spacial score (nSPS) is 10.8. The lowest BCUT2D eigenvalue weighted by atomic mass is 10.4. The molecule has 21 heavy (non-hydrogen) atoms. The zero-order chi connectivity index (χ0) is 15.2. The van der Waals surface area contributed by atoms with E-state index in [1.807, 2.05) is 35.0 Å². The van der Waals surface area contributed by atoms with Gasteiger partial charge in [-0.25, -0.2) is 4.98 Å². The first-order valence-corrected chi connectivity index (χ1v) is 6.41. The van der Waals surface area contributed by atoms with Crippen molar-refractivity contribution in [3.05, 3.63) is 36.3 Å². The van der Waals surface area contributed by atoms with Crippen LogP contribution in [-0.2, 0) is 25.6 Å². The Kier molecular flexibility index (Phi) is 4.89. The van der Waals surface area contributed by atoms with Crippen LogP contribution in [0.2, 0.25) is 0 Å². The van der Waals surface area contributed by atoms with Gasteiger partial charge in [-0.1, -0.05) is 6.07 Å². The van der Waals surface area contributed by atoms with Gasteiger partial charge < -0.3 is 13.9 Å². The summed E-state index contributed by atoms with van der Waals surface area (Å²) in [6, 6.07) is 5.68.